The molecule has 0 saturated heterocycles. The van der Waals surface area contributed by atoms with Gasteiger partial charge in [-0.05, 0) is 19.1 Å². The van der Waals surface area contributed by atoms with Crippen molar-refractivity contribution in [3.05, 3.63) is 29.5 Å². The van der Waals surface area contributed by atoms with Gasteiger partial charge in [-0.25, -0.2) is 12.7 Å². The molecule has 1 aromatic carbocycles. The normalized spacial score (nSPS) is 11.9. The number of methoxy groups -OCH3 is 1. The highest BCUT2D eigenvalue weighted by molar-refractivity contribution is 7.88. The third-order valence-corrected chi connectivity index (χ3v) is 4.94. The van der Waals surface area contributed by atoms with Crippen LogP contribution in [0.4, 0.5) is 0 Å². The second-order valence-corrected chi connectivity index (χ2v) is 7.35. The van der Waals surface area contributed by atoms with Gasteiger partial charge in [-0.15, -0.1) is 0 Å². The van der Waals surface area contributed by atoms with Crippen LogP contribution >= 0.6 is 0 Å². The Kier molecular flexibility index (Phi) is 4.96. The lowest BCUT2D eigenvalue weighted by molar-refractivity contribution is 0.0926. The van der Waals surface area contributed by atoms with Crippen molar-refractivity contribution in [2.45, 2.75) is 6.92 Å². The molecule has 0 radical (unpaired) electrons. The fourth-order valence-electron chi connectivity index (χ4n) is 2.12. The number of fused-ring (bicyclic) bond motifs is 1. The van der Waals surface area contributed by atoms with Crippen molar-refractivity contribution in [3.63, 3.8) is 0 Å². The van der Waals surface area contributed by atoms with E-state index in [2.05, 4.69) is 5.32 Å². The number of amides is 1. The first kappa shape index (κ1) is 17.3. The summed E-state index contributed by atoms with van der Waals surface area (Å²) in [4.78, 5) is 12.2. The summed E-state index contributed by atoms with van der Waals surface area (Å²) in [5, 5.41) is 3.50. The molecule has 1 aromatic heterocycles. The van der Waals surface area contributed by atoms with E-state index in [0.29, 0.717) is 11.3 Å². The number of carbonyl (C=O) groups excluding carboxylic acids is 1. The minimum atomic E-state index is -3.26. The van der Waals surface area contributed by atoms with Gasteiger partial charge in [0, 0.05) is 37.2 Å². The number of nitrogens with one attached hydrogen (secondary N) is 1. The van der Waals surface area contributed by atoms with E-state index < -0.39 is 10.0 Å². The summed E-state index contributed by atoms with van der Waals surface area (Å²) < 4.78 is 34.5. The van der Waals surface area contributed by atoms with Crippen molar-refractivity contribution in [1.82, 2.24) is 9.62 Å². The summed E-state index contributed by atoms with van der Waals surface area (Å²) in [5.41, 5.74) is 1.30. The molecule has 0 atom stereocenters. The molecule has 8 heteroatoms. The molecule has 1 heterocycles. The first-order chi connectivity index (χ1) is 10.7. The van der Waals surface area contributed by atoms with E-state index in [0.717, 1.165) is 17.2 Å². The number of ether oxygens (including phenoxy) is 1. The molecule has 0 bridgehead atoms. The van der Waals surface area contributed by atoms with E-state index in [4.69, 9.17) is 9.15 Å². The van der Waals surface area contributed by atoms with Crippen LogP contribution in [-0.2, 0) is 10.0 Å². The molecule has 0 aliphatic carbocycles. The first-order valence-electron chi connectivity index (χ1n) is 7.00. The largest absolute Gasteiger partial charge is 0.497 e. The van der Waals surface area contributed by atoms with Gasteiger partial charge in [-0.2, -0.15) is 0 Å². The molecular weight excluding hydrogens is 320 g/mol. The molecule has 0 unspecified atom stereocenters. The summed E-state index contributed by atoms with van der Waals surface area (Å²) in [6, 6.07) is 5.35. The molecule has 0 aliphatic rings. The Labute approximate surface area is 135 Å². The minimum absolute atomic E-state index is 0.192. The van der Waals surface area contributed by atoms with Crippen molar-refractivity contribution < 1.29 is 22.4 Å². The Balaban J connectivity index is 2.11. The average Bonchev–Trinajstić information content (AvgIpc) is 2.82. The van der Waals surface area contributed by atoms with Crippen LogP contribution in [0.5, 0.6) is 5.75 Å². The van der Waals surface area contributed by atoms with E-state index in [1.165, 1.54) is 11.4 Å². The molecule has 126 valence electrons. The Morgan fingerprint density at radius 3 is 2.70 bits per heavy atom. The van der Waals surface area contributed by atoms with Crippen LogP contribution in [-0.4, -0.2) is 52.1 Å². The van der Waals surface area contributed by atoms with Gasteiger partial charge in [0.05, 0.1) is 13.4 Å². The molecular formula is C15H20N2O5S. The molecule has 0 saturated carbocycles. The number of furan rings is 1. The molecule has 0 aliphatic heterocycles. The molecule has 0 fully saturated rings. The topological polar surface area (TPSA) is 88.9 Å². The summed E-state index contributed by atoms with van der Waals surface area (Å²) in [6.07, 6.45) is 1.12. The van der Waals surface area contributed by atoms with Crippen LogP contribution < -0.4 is 10.1 Å². The zero-order valence-electron chi connectivity index (χ0n) is 13.5. The van der Waals surface area contributed by atoms with Crippen LogP contribution in [0.25, 0.3) is 11.0 Å². The van der Waals surface area contributed by atoms with Gasteiger partial charge >= 0.3 is 0 Å². The van der Waals surface area contributed by atoms with E-state index in [1.54, 1.807) is 26.2 Å². The van der Waals surface area contributed by atoms with Gasteiger partial charge in [0.25, 0.3) is 5.91 Å². The van der Waals surface area contributed by atoms with Gasteiger partial charge in [0.15, 0.2) is 5.76 Å². The zero-order valence-corrected chi connectivity index (χ0v) is 14.4. The summed E-state index contributed by atoms with van der Waals surface area (Å²) in [5.74, 6) is 0.489. The maximum Gasteiger partial charge on any atom is 0.287 e. The van der Waals surface area contributed by atoms with Crippen molar-refractivity contribution in [3.8, 4) is 5.75 Å². The SMILES string of the molecule is COc1ccc2c(C)c(C(=O)NCCN(C)S(C)(=O)=O)oc2c1. The molecule has 7 nitrogen and oxygen atoms in total. The predicted octanol–water partition coefficient (Wildman–Crippen LogP) is 1.37. The van der Waals surface area contributed by atoms with Gasteiger partial charge in [-0.1, -0.05) is 0 Å². The highest BCUT2D eigenvalue weighted by Gasteiger charge is 2.18. The monoisotopic (exact) mass is 340 g/mol. The average molecular weight is 340 g/mol. The van der Waals surface area contributed by atoms with Crippen LogP contribution in [0.2, 0.25) is 0 Å². The van der Waals surface area contributed by atoms with Crippen LogP contribution in [0.15, 0.2) is 22.6 Å². The number of rotatable bonds is 6. The number of nitrogens with zero attached hydrogens (tertiary/aromatic N) is 1. The maximum absolute atomic E-state index is 12.2. The maximum atomic E-state index is 12.2. The minimum Gasteiger partial charge on any atom is -0.497 e. The number of hydrogen-bond donors (Lipinski definition) is 1. The van der Waals surface area contributed by atoms with Crippen LogP contribution in [0, 0.1) is 6.92 Å². The van der Waals surface area contributed by atoms with Crippen molar-refractivity contribution in [1.29, 1.82) is 0 Å². The lowest BCUT2D eigenvalue weighted by atomic mass is 10.1. The van der Waals surface area contributed by atoms with E-state index in [1.807, 2.05) is 6.07 Å². The number of hydrogen-bond acceptors (Lipinski definition) is 5. The number of benzene rings is 1. The third kappa shape index (κ3) is 3.83. The smallest absolute Gasteiger partial charge is 0.287 e. The standard InChI is InChI=1S/C15H20N2O5S/c1-10-12-6-5-11(21-3)9-13(12)22-14(10)15(18)16-7-8-17(2)23(4,19)20/h5-6,9H,7-8H2,1-4H3,(H,16,18). The Morgan fingerprint density at radius 2 is 2.09 bits per heavy atom. The van der Waals surface area contributed by atoms with Crippen LogP contribution in [0.1, 0.15) is 16.1 Å². The summed E-state index contributed by atoms with van der Waals surface area (Å²) in [6.45, 7) is 2.19. The van der Waals surface area contributed by atoms with Gasteiger partial charge in [0.1, 0.15) is 11.3 Å². The van der Waals surface area contributed by atoms with Crippen molar-refractivity contribution >= 4 is 26.9 Å². The van der Waals surface area contributed by atoms with Crippen molar-refractivity contribution in [2.75, 3.05) is 33.5 Å². The first-order valence-corrected chi connectivity index (χ1v) is 8.85. The summed E-state index contributed by atoms with van der Waals surface area (Å²) in [7, 11) is -0.240. The lowest BCUT2D eigenvalue weighted by Gasteiger charge is -2.13. The number of carbonyl (C=O) groups is 1. The quantitative estimate of drug-likeness (QED) is 0.858. The Hall–Kier alpha value is -2.06. The van der Waals surface area contributed by atoms with E-state index >= 15 is 0 Å². The third-order valence-electron chi connectivity index (χ3n) is 3.63. The van der Waals surface area contributed by atoms with Crippen molar-refractivity contribution in [2.24, 2.45) is 0 Å². The van der Waals surface area contributed by atoms with Crippen LogP contribution in [0.3, 0.4) is 0 Å². The highest BCUT2D eigenvalue weighted by Crippen LogP contribution is 2.28. The number of sulfonamides is 1. The zero-order chi connectivity index (χ0) is 17.2. The highest BCUT2D eigenvalue weighted by atomic mass is 32.2. The second-order valence-electron chi connectivity index (χ2n) is 5.26. The van der Waals surface area contributed by atoms with E-state index in [9.17, 15) is 13.2 Å². The molecule has 1 N–H and O–H groups in total. The van der Waals surface area contributed by atoms with Gasteiger partial charge < -0.3 is 14.5 Å². The lowest BCUT2D eigenvalue weighted by Crippen LogP contribution is -2.35. The summed E-state index contributed by atoms with van der Waals surface area (Å²) >= 11 is 0. The molecule has 23 heavy (non-hydrogen) atoms. The van der Waals surface area contributed by atoms with Gasteiger partial charge in [0.2, 0.25) is 10.0 Å². The molecule has 2 aromatic rings. The second kappa shape index (κ2) is 6.59. The molecule has 2 rings (SSSR count). The predicted molar refractivity (Wildman–Crippen MR) is 87.3 cm³/mol. The van der Waals surface area contributed by atoms with Gasteiger partial charge in [-0.3, -0.25) is 4.79 Å². The fraction of sp³-hybridized carbons (Fsp3) is 0.400. The Bertz CT molecular complexity index is 826. The number of likely N-dealkylation sites (N-methyl/N-ethyl adjacent to an activating group) is 1. The molecule has 0 spiro atoms. The fourth-order valence-corrected chi connectivity index (χ4v) is 2.55. The molecule has 1 amide bonds. The van der Waals surface area contributed by atoms with E-state index in [-0.39, 0.29) is 24.8 Å². The number of aryl methyl sites for hydroxylation is 1. The Morgan fingerprint density at radius 1 is 1.39 bits per heavy atom.